The summed E-state index contributed by atoms with van der Waals surface area (Å²) in [6.45, 7) is 3.24. The maximum Gasteiger partial charge on any atom is 0.224 e. The van der Waals surface area contributed by atoms with Gasteiger partial charge in [-0.1, -0.05) is 0 Å². The fourth-order valence-corrected chi connectivity index (χ4v) is 2.92. The fourth-order valence-electron chi connectivity index (χ4n) is 2.92. The number of nitrogens with one attached hydrogen (secondary N) is 1. The number of aliphatic hydroxyl groups is 1. The summed E-state index contributed by atoms with van der Waals surface area (Å²) >= 11 is 0. The van der Waals surface area contributed by atoms with E-state index in [0.29, 0.717) is 45.0 Å². The predicted octanol–water partition coefficient (Wildman–Crippen LogP) is 1.32. The van der Waals surface area contributed by atoms with Crippen molar-refractivity contribution in [3.8, 4) is 0 Å². The molecule has 1 atom stereocenters. The molecule has 2 fully saturated rings. The van der Waals surface area contributed by atoms with E-state index in [2.05, 4.69) is 20.2 Å². The highest BCUT2D eigenvalue weighted by Crippen LogP contribution is 2.28. The lowest BCUT2D eigenvalue weighted by molar-refractivity contribution is 0.193. The fraction of sp³-hybridized carbons (Fsp3) is 0.733. The summed E-state index contributed by atoms with van der Waals surface area (Å²) < 4.78 is 18.8. The minimum atomic E-state index is -0.701. The van der Waals surface area contributed by atoms with E-state index in [0.717, 1.165) is 24.5 Å². The summed E-state index contributed by atoms with van der Waals surface area (Å²) in [6.07, 6.45) is 1.35. The summed E-state index contributed by atoms with van der Waals surface area (Å²) in [4.78, 5) is 11.2. The van der Waals surface area contributed by atoms with Gasteiger partial charge in [0.25, 0.3) is 0 Å². The SMILES string of the molecule is OCCNc1nc([C@H]2CCOC2)cc(N2CCC(F)CC2)n1. The first-order valence-corrected chi connectivity index (χ1v) is 7.96. The molecule has 1 aromatic rings. The molecule has 0 saturated carbocycles. The molecule has 7 heteroatoms. The second kappa shape index (κ2) is 7.19. The molecular formula is C15H23FN4O2. The van der Waals surface area contributed by atoms with Crippen LogP contribution in [0.1, 0.15) is 30.9 Å². The van der Waals surface area contributed by atoms with Crippen molar-refractivity contribution >= 4 is 11.8 Å². The second-order valence-electron chi connectivity index (χ2n) is 5.85. The van der Waals surface area contributed by atoms with Gasteiger partial charge in [0.05, 0.1) is 18.9 Å². The van der Waals surface area contributed by atoms with Gasteiger partial charge in [0, 0.05) is 38.2 Å². The largest absolute Gasteiger partial charge is 0.395 e. The predicted molar refractivity (Wildman–Crippen MR) is 82.1 cm³/mol. The molecule has 2 aliphatic heterocycles. The number of aliphatic hydroxyl groups excluding tert-OH is 1. The minimum Gasteiger partial charge on any atom is -0.395 e. The number of aromatic nitrogens is 2. The minimum absolute atomic E-state index is 0.0305. The topological polar surface area (TPSA) is 70.5 Å². The third kappa shape index (κ3) is 3.64. The Labute approximate surface area is 129 Å². The highest BCUT2D eigenvalue weighted by atomic mass is 19.1. The molecule has 2 N–H and O–H groups in total. The molecule has 1 aromatic heterocycles. The Bertz CT molecular complexity index is 488. The van der Waals surface area contributed by atoms with Crippen molar-refractivity contribution < 1.29 is 14.2 Å². The Morgan fingerprint density at radius 1 is 1.32 bits per heavy atom. The lowest BCUT2D eigenvalue weighted by atomic mass is 10.0. The van der Waals surface area contributed by atoms with Gasteiger partial charge in [-0.25, -0.2) is 9.37 Å². The third-order valence-electron chi connectivity index (χ3n) is 4.22. The number of piperidine rings is 1. The zero-order valence-corrected chi connectivity index (χ0v) is 12.7. The first-order valence-electron chi connectivity index (χ1n) is 7.96. The third-order valence-corrected chi connectivity index (χ3v) is 4.22. The van der Waals surface area contributed by atoms with E-state index in [1.807, 2.05) is 6.07 Å². The first kappa shape index (κ1) is 15.4. The smallest absolute Gasteiger partial charge is 0.224 e. The van der Waals surface area contributed by atoms with E-state index in [-0.39, 0.29) is 12.5 Å². The van der Waals surface area contributed by atoms with Crippen LogP contribution in [0.3, 0.4) is 0 Å². The number of nitrogens with zero attached hydrogens (tertiary/aromatic N) is 3. The van der Waals surface area contributed by atoms with Crippen molar-refractivity contribution in [2.45, 2.75) is 31.4 Å². The van der Waals surface area contributed by atoms with E-state index in [4.69, 9.17) is 9.84 Å². The molecule has 0 bridgehead atoms. The average molecular weight is 310 g/mol. The van der Waals surface area contributed by atoms with Crippen LogP contribution in [0.25, 0.3) is 0 Å². The molecule has 3 heterocycles. The van der Waals surface area contributed by atoms with Gasteiger partial charge in [-0.3, -0.25) is 0 Å². The zero-order valence-electron chi connectivity index (χ0n) is 12.7. The van der Waals surface area contributed by atoms with Crippen molar-refractivity contribution in [3.63, 3.8) is 0 Å². The Morgan fingerprint density at radius 3 is 2.82 bits per heavy atom. The normalized spacial score (nSPS) is 23.0. The summed E-state index contributed by atoms with van der Waals surface area (Å²) in [7, 11) is 0. The van der Waals surface area contributed by atoms with E-state index in [1.54, 1.807) is 0 Å². The summed E-state index contributed by atoms with van der Waals surface area (Å²) in [5.41, 5.74) is 0.963. The van der Waals surface area contributed by atoms with Crippen LogP contribution in [0, 0.1) is 0 Å². The number of ether oxygens (including phenoxy) is 1. The van der Waals surface area contributed by atoms with Crippen molar-refractivity contribution in [1.82, 2.24) is 9.97 Å². The quantitative estimate of drug-likeness (QED) is 0.855. The number of rotatable bonds is 5. The molecule has 0 spiro atoms. The lowest BCUT2D eigenvalue weighted by Crippen LogP contribution is -2.35. The van der Waals surface area contributed by atoms with E-state index >= 15 is 0 Å². The molecule has 0 unspecified atom stereocenters. The zero-order chi connectivity index (χ0) is 15.4. The van der Waals surface area contributed by atoms with E-state index in [1.165, 1.54) is 0 Å². The van der Waals surface area contributed by atoms with Crippen molar-refractivity contribution in [2.75, 3.05) is 49.7 Å². The average Bonchev–Trinajstić information content (AvgIpc) is 3.08. The molecule has 3 rings (SSSR count). The molecule has 2 saturated heterocycles. The van der Waals surface area contributed by atoms with Crippen molar-refractivity contribution in [2.24, 2.45) is 0 Å². The summed E-state index contributed by atoms with van der Waals surface area (Å²) in [5, 5.41) is 12.0. The molecule has 0 aliphatic carbocycles. The number of hydrogen-bond acceptors (Lipinski definition) is 6. The van der Waals surface area contributed by atoms with Crippen LogP contribution in [0.4, 0.5) is 16.2 Å². The van der Waals surface area contributed by atoms with Crippen LogP contribution in [0.15, 0.2) is 6.07 Å². The maximum atomic E-state index is 13.3. The van der Waals surface area contributed by atoms with Gasteiger partial charge < -0.3 is 20.1 Å². The van der Waals surface area contributed by atoms with E-state index in [9.17, 15) is 4.39 Å². The Balaban J connectivity index is 1.81. The number of anilines is 2. The highest BCUT2D eigenvalue weighted by Gasteiger charge is 2.24. The second-order valence-corrected chi connectivity index (χ2v) is 5.85. The van der Waals surface area contributed by atoms with Gasteiger partial charge in [-0.15, -0.1) is 0 Å². The highest BCUT2D eigenvalue weighted by molar-refractivity contribution is 5.46. The van der Waals surface area contributed by atoms with Crippen LogP contribution in [-0.4, -0.2) is 60.7 Å². The molecule has 0 amide bonds. The number of halogens is 1. The number of alkyl halides is 1. The van der Waals surface area contributed by atoms with Gasteiger partial charge in [0.15, 0.2) is 0 Å². The van der Waals surface area contributed by atoms with Gasteiger partial charge >= 0.3 is 0 Å². The molecule has 0 aromatic carbocycles. The van der Waals surface area contributed by atoms with Crippen LogP contribution >= 0.6 is 0 Å². The number of hydrogen-bond donors (Lipinski definition) is 2. The lowest BCUT2D eigenvalue weighted by Gasteiger charge is -2.30. The molecule has 22 heavy (non-hydrogen) atoms. The molecule has 0 radical (unpaired) electrons. The van der Waals surface area contributed by atoms with Gasteiger partial charge in [0.1, 0.15) is 12.0 Å². The van der Waals surface area contributed by atoms with Crippen molar-refractivity contribution in [3.05, 3.63) is 11.8 Å². The molecule has 2 aliphatic rings. The Morgan fingerprint density at radius 2 is 2.14 bits per heavy atom. The molecule has 6 nitrogen and oxygen atoms in total. The molecule has 122 valence electrons. The molecular weight excluding hydrogens is 287 g/mol. The van der Waals surface area contributed by atoms with Gasteiger partial charge in [-0.05, 0) is 19.3 Å². The van der Waals surface area contributed by atoms with Gasteiger partial charge in [0.2, 0.25) is 5.95 Å². The van der Waals surface area contributed by atoms with E-state index < -0.39 is 6.17 Å². The maximum absolute atomic E-state index is 13.3. The Kier molecular flexibility index (Phi) is 5.04. The first-order chi connectivity index (χ1) is 10.8. The van der Waals surface area contributed by atoms with Crippen LogP contribution in [-0.2, 0) is 4.74 Å². The van der Waals surface area contributed by atoms with Gasteiger partial charge in [-0.2, -0.15) is 4.98 Å². The summed E-state index contributed by atoms with van der Waals surface area (Å²) in [6, 6.07) is 2.00. The van der Waals surface area contributed by atoms with Crippen LogP contribution < -0.4 is 10.2 Å². The van der Waals surface area contributed by atoms with Crippen LogP contribution in [0.2, 0.25) is 0 Å². The standard InChI is InChI=1S/C15H23FN4O2/c16-12-1-5-20(6-2-12)14-9-13(11-3-8-22-10-11)18-15(19-14)17-4-7-21/h9,11-12,21H,1-8,10H2,(H,17,18,19)/t11-/m0/s1. The summed E-state index contributed by atoms with van der Waals surface area (Å²) in [5.74, 6) is 1.65. The van der Waals surface area contributed by atoms with Crippen molar-refractivity contribution in [1.29, 1.82) is 0 Å². The van der Waals surface area contributed by atoms with Crippen LogP contribution in [0.5, 0.6) is 0 Å². The monoisotopic (exact) mass is 310 g/mol. The Hall–Kier alpha value is -1.47.